The molecule has 0 unspecified atom stereocenters. The van der Waals surface area contributed by atoms with Gasteiger partial charge >= 0.3 is 11.7 Å². The molecule has 17 heavy (non-hydrogen) atoms. The summed E-state index contributed by atoms with van der Waals surface area (Å²) in [5, 5.41) is 14.4. The second-order valence-corrected chi connectivity index (χ2v) is 3.05. The number of carbonyl (C=O) groups is 1. The van der Waals surface area contributed by atoms with E-state index in [2.05, 4.69) is 19.9 Å². The van der Waals surface area contributed by atoms with Crippen molar-refractivity contribution in [2.45, 2.75) is 0 Å². The van der Waals surface area contributed by atoms with Gasteiger partial charge in [-0.2, -0.15) is 5.10 Å². The van der Waals surface area contributed by atoms with E-state index in [1.54, 1.807) is 24.5 Å². The van der Waals surface area contributed by atoms with E-state index in [0.29, 0.717) is 11.3 Å². The van der Waals surface area contributed by atoms with Gasteiger partial charge in [0.05, 0.1) is 5.69 Å². The highest BCUT2D eigenvalue weighted by Crippen LogP contribution is 2.17. The minimum atomic E-state index is -1.55. The van der Waals surface area contributed by atoms with E-state index >= 15 is 0 Å². The predicted octanol–water partition coefficient (Wildman–Crippen LogP) is 0.889. The quantitative estimate of drug-likeness (QED) is 0.746. The first-order valence-electron chi connectivity index (χ1n) is 4.58. The van der Waals surface area contributed by atoms with E-state index in [1.165, 1.54) is 6.07 Å². The van der Waals surface area contributed by atoms with Crippen molar-refractivity contribution >= 4 is 6.16 Å². The Labute approximate surface area is 94.7 Å². The third-order valence-corrected chi connectivity index (χ3v) is 1.94. The predicted molar refractivity (Wildman–Crippen MR) is 56.7 cm³/mol. The fourth-order valence-electron chi connectivity index (χ4n) is 1.23. The summed E-state index contributed by atoms with van der Waals surface area (Å²) in [4.78, 5) is 25.4. The molecule has 86 valence electrons. The molecule has 0 radical (unpaired) electrons. The van der Waals surface area contributed by atoms with Crippen LogP contribution in [0.3, 0.4) is 0 Å². The number of carboxylic acid groups (broad SMARTS) is 1. The fourth-order valence-corrected chi connectivity index (χ4v) is 1.23. The molecule has 0 aliphatic rings. The van der Waals surface area contributed by atoms with Gasteiger partial charge in [-0.05, 0) is 12.1 Å². The third-order valence-electron chi connectivity index (χ3n) is 1.94. The zero-order valence-corrected chi connectivity index (χ0v) is 8.45. The monoisotopic (exact) mass is 233 g/mol. The van der Waals surface area contributed by atoms with Crippen LogP contribution in [-0.2, 0) is 0 Å². The first-order chi connectivity index (χ1) is 8.16. The van der Waals surface area contributed by atoms with Crippen LogP contribution >= 0.6 is 0 Å². The summed E-state index contributed by atoms with van der Waals surface area (Å²) in [5.41, 5.74) is 0.375. The number of aromatic nitrogens is 3. The summed E-state index contributed by atoms with van der Waals surface area (Å²) >= 11 is 0. The lowest BCUT2D eigenvalue weighted by Gasteiger charge is -2.02. The molecule has 0 spiro atoms. The van der Waals surface area contributed by atoms with E-state index < -0.39 is 11.7 Å². The van der Waals surface area contributed by atoms with Crippen LogP contribution in [0.2, 0.25) is 0 Å². The van der Waals surface area contributed by atoms with Gasteiger partial charge in [0.15, 0.2) is 0 Å². The summed E-state index contributed by atoms with van der Waals surface area (Å²) in [6.07, 6.45) is 1.56. The van der Waals surface area contributed by atoms with Crippen molar-refractivity contribution < 1.29 is 14.6 Å². The molecule has 0 atom stereocenters. The number of nitrogens with one attached hydrogen (secondary N) is 1. The van der Waals surface area contributed by atoms with Crippen molar-refractivity contribution in [3.8, 4) is 17.0 Å². The Kier molecular flexibility index (Phi) is 2.82. The number of nitrogens with zero attached hydrogens (tertiary/aromatic N) is 2. The maximum Gasteiger partial charge on any atom is 0.511 e. The van der Waals surface area contributed by atoms with E-state index in [4.69, 9.17) is 5.11 Å². The van der Waals surface area contributed by atoms with Gasteiger partial charge in [0, 0.05) is 24.0 Å². The van der Waals surface area contributed by atoms with Crippen molar-refractivity contribution in [3.63, 3.8) is 0 Å². The second kappa shape index (κ2) is 4.44. The van der Waals surface area contributed by atoms with Crippen molar-refractivity contribution in [1.82, 2.24) is 15.2 Å². The molecule has 2 aromatic heterocycles. The molecule has 2 heterocycles. The van der Waals surface area contributed by atoms with Gasteiger partial charge in [-0.1, -0.05) is 0 Å². The molecule has 0 bridgehead atoms. The number of aromatic amines is 1. The summed E-state index contributed by atoms with van der Waals surface area (Å²) in [7, 11) is 0. The van der Waals surface area contributed by atoms with Crippen LogP contribution in [0.1, 0.15) is 0 Å². The molecule has 2 N–H and O–H groups in total. The van der Waals surface area contributed by atoms with Crippen LogP contribution in [0.25, 0.3) is 11.3 Å². The fraction of sp³-hybridized carbons (Fsp3) is 0. The minimum absolute atomic E-state index is 0.320. The SMILES string of the molecule is O=C(O)Oc1cc(-c2ccncc2)n[nH]c1=O. The average Bonchev–Trinajstić information content (AvgIpc) is 2.32. The van der Waals surface area contributed by atoms with Gasteiger partial charge in [0.1, 0.15) is 0 Å². The normalized spacial score (nSPS) is 9.88. The zero-order chi connectivity index (χ0) is 12.3. The maximum absolute atomic E-state index is 11.2. The second-order valence-electron chi connectivity index (χ2n) is 3.05. The standard InChI is InChI=1S/C10H7N3O4/c14-9-8(17-10(15)16)5-7(12-13-9)6-1-3-11-4-2-6/h1-5H,(H,13,14)(H,15,16). The van der Waals surface area contributed by atoms with Gasteiger partial charge < -0.3 is 9.84 Å². The van der Waals surface area contributed by atoms with Gasteiger partial charge in [-0.3, -0.25) is 9.78 Å². The van der Waals surface area contributed by atoms with E-state index in [9.17, 15) is 9.59 Å². The molecular formula is C10H7N3O4. The lowest BCUT2D eigenvalue weighted by atomic mass is 10.2. The van der Waals surface area contributed by atoms with Gasteiger partial charge in [-0.25, -0.2) is 9.89 Å². The number of pyridine rings is 1. The lowest BCUT2D eigenvalue weighted by molar-refractivity contribution is 0.143. The molecule has 0 aromatic carbocycles. The topological polar surface area (TPSA) is 105 Å². The van der Waals surface area contributed by atoms with Crippen LogP contribution in [0.4, 0.5) is 4.79 Å². The van der Waals surface area contributed by atoms with E-state index in [1.807, 2.05) is 0 Å². The Morgan fingerprint density at radius 1 is 1.35 bits per heavy atom. The molecular weight excluding hydrogens is 226 g/mol. The number of ether oxygens (including phenoxy) is 1. The van der Waals surface area contributed by atoms with Crippen molar-refractivity contribution in [2.75, 3.05) is 0 Å². The molecule has 7 heteroatoms. The Hall–Kier alpha value is -2.70. The summed E-state index contributed by atoms with van der Waals surface area (Å²) < 4.78 is 4.32. The van der Waals surface area contributed by atoms with Gasteiger partial charge in [0.2, 0.25) is 5.75 Å². The maximum atomic E-state index is 11.2. The van der Waals surface area contributed by atoms with Gasteiger partial charge in [0.25, 0.3) is 0 Å². The van der Waals surface area contributed by atoms with Crippen LogP contribution in [-0.4, -0.2) is 26.4 Å². The molecule has 0 fully saturated rings. The van der Waals surface area contributed by atoms with E-state index in [-0.39, 0.29) is 5.75 Å². The Balaban J connectivity index is 2.44. The molecule has 0 saturated heterocycles. The van der Waals surface area contributed by atoms with Crippen molar-refractivity contribution in [2.24, 2.45) is 0 Å². The zero-order valence-electron chi connectivity index (χ0n) is 8.45. The highest BCUT2D eigenvalue weighted by molar-refractivity contribution is 5.63. The third kappa shape index (κ3) is 2.46. The Bertz CT molecular complexity index is 594. The van der Waals surface area contributed by atoms with E-state index in [0.717, 1.165) is 0 Å². The highest BCUT2D eigenvalue weighted by atomic mass is 16.7. The molecule has 0 amide bonds. The van der Waals surface area contributed by atoms with Crippen molar-refractivity contribution in [1.29, 1.82) is 0 Å². The summed E-state index contributed by atoms with van der Waals surface area (Å²) in [5.74, 6) is -0.320. The number of H-pyrrole nitrogens is 1. The number of rotatable bonds is 2. The molecule has 7 nitrogen and oxygen atoms in total. The number of hydrogen-bond acceptors (Lipinski definition) is 5. The van der Waals surface area contributed by atoms with Crippen LogP contribution in [0.5, 0.6) is 5.75 Å². The Morgan fingerprint density at radius 3 is 2.71 bits per heavy atom. The smallest absolute Gasteiger partial charge is 0.449 e. The Morgan fingerprint density at radius 2 is 2.06 bits per heavy atom. The van der Waals surface area contributed by atoms with Crippen molar-refractivity contribution in [3.05, 3.63) is 40.9 Å². The lowest BCUT2D eigenvalue weighted by Crippen LogP contribution is -2.16. The number of hydrogen-bond donors (Lipinski definition) is 2. The summed E-state index contributed by atoms with van der Waals surface area (Å²) in [6, 6.07) is 4.60. The molecule has 2 aromatic rings. The van der Waals surface area contributed by atoms with Crippen LogP contribution in [0.15, 0.2) is 35.4 Å². The highest BCUT2D eigenvalue weighted by Gasteiger charge is 2.09. The largest absolute Gasteiger partial charge is 0.511 e. The van der Waals surface area contributed by atoms with Crippen LogP contribution < -0.4 is 10.3 Å². The summed E-state index contributed by atoms with van der Waals surface area (Å²) in [6.45, 7) is 0. The molecule has 2 rings (SSSR count). The first kappa shape index (κ1) is 10.8. The first-order valence-corrected chi connectivity index (χ1v) is 4.58. The molecule has 0 saturated carbocycles. The molecule has 0 aliphatic heterocycles. The average molecular weight is 233 g/mol. The van der Waals surface area contributed by atoms with Crippen LogP contribution in [0, 0.1) is 0 Å². The molecule has 0 aliphatic carbocycles. The minimum Gasteiger partial charge on any atom is -0.449 e. The van der Waals surface area contributed by atoms with Gasteiger partial charge in [-0.15, -0.1) is 0 Å².